The zero-order chi connectivity index (χ0) is 14.5. The van der Waals surface area contributed by atoms with Crippen LogP contribution in [0.4, 0.5) is 16.2 Å². The van der Waals surface area contributed by atoms with Crippen molar-refractivity contribution in [3.05, 3.63) is 12.0 Å². The summed E-state index contributed by atoms with van der Waals surface area (Å²) in [7, 11) is 1.64. The molecule has 0 aromatic carbocycles. The van der Waals surface area contributed by atoms with Crippen molar-refractivity contribution >= 4 is 17.7 Å². The van der Waals surface area contributed by atoms with Gasteiger partial charge in [-0.3, -0.25) is 4.79 Å². The van der Waals surface area contributed by atoms with Gasteiger partial charge in [0, 0.05) is 32.6 Å². The van der Waals surface area contributed by atoms with Gasteiger partial charge < -0.3 is 15.5 Å². The molecule has 1 aliphatic rings. The quantitative estimate of drug-likeness (QED) is 0.862. The van der Waals surface area contributed by atoms with Crippen LogP contribution >= 0.6 is 0 Å². The number of anilines is 2. The number of carbonyl (C=O) groups is 1. The van der Waals surface area contributed by atoms with Crippen molar-refractivity contribution < 1.29 is 9.18 Å². The number of aromatic nitrogens is 2. The number of rotatable bonds is 4. The Bertz CT molecular complexity index is 474. The van der Waals surface area contributed by atoms with E-state index in [9.17, 15) is 9.18 Å². The molecule has 0 spiro atoms. The largest absolute Gasteiger partial charge is 0.359 e. The van der Waals surface area contributed by atoms with Gasteiger partial charge in [-0.05, 0) is 19.8 Å². The fourth-order valence-corrected chi connectivity index (χ4v) is 2.38. The van der Waals surface area contributed by atoms with Gasteiger partial charge in [0.05, 0.1) is 6.20 Å². The van der Waals surface area contributed by atoms with E-state index in [-0.39, 0.29) is 11.8 Å². The Balaban J connectivity index is 2.06. The average Bonchev–Trinajstić information content (AvgIpc) is 2.49. The van der Waals surface area contributed by atoms with E-state index in [0.29, 0.717) is 44.2 Å². The molecule has 7 heteroatoms. The highest BCUT2D eigenvalue weighted by atomic mass is 19.1. The smallest absolute Gasteiger partial charge is 0.224 e. The number of piperidine rings is 1. The molecule has 6 nitrogen and oxygen atoms in total. The van der Waals surface area contributed by atoms with Gasteiger partial charge in [0.15, 0.2) is 11.6 Å². The second-order valence-corrected chi connectivity index (χ2v) is 4.77. The summed E-state index contributed by atoms with van der Waals surface area (Å²) in [6, 6.07) is 0. The van der Waals surface area contributed by atoms with Crippen LogP contribution in [0, 0.1) is 11.7 Å². The zero-order valence-electron chi connectivity index (χ0n) is 11.8. The van der Waals surface area contributed by atoms with Crippen molar-refractivity contribution in [2.45, 2.75) is 19.8 Å². The monoisotopic (exact) mass is 281 g/mol. The molecule has 0 atom stereocenters. The lowest BCUT2D eigenvalue weighted by molar-refractivity contribution is -0.125. The number of carbonyl (C=O) groups excluding carboxylic acids is 1. The van der Waals surface area contributed by atoms with E-state index < -0.39 is 5.82 Å². The SMILES string of the molecule is CCNc1ncc(F)c(N2CCC(C(=O)NC)CC2)n1. The number of hydrogen-bond donors (Lipinski definition) is 2. The number of nitrogens with one attached hydrogen (secondary N) is 2. The fraction of sp³-hybridized carbons (Fsp3) is 0.615. The van der Waals surface area contributed by atoms with Crippen LogP contribution in [0.15, 0.2) is 6.20 Å². The molecule has 0 radical (unpaired) electrons. The van der Waals surface area contributed by atoms with Gasteiger partial charge in [0.2, 0.25) is 11.9 Å². The van der Waals surface area contributed by atoms with Gasteiger partial charge in [-0.15, -0.1) is 0 Å². The third-order valence-corrected chi connectivity index (χ3v) is 3.47. The Labute approximate surface area is 117 Å². The van der Waals surface area contributed by atoms with E-state index in [0.717, 1.165) is 0 Å². The van der Waals surface area contributed by atoms with Crippen molar-refractivity contribution in [3.8, 4) is 0 Å². The molecular formula is C13H20FN5O. The Hall–Kier alpha value is -1.92. The molecule has 2 N–H and O–H groups in total. The van der Waals surface area contributed by atoms with Crippen molar-refractivity contribution in [3.63, 3.8) is 0 Å². The normalized spacial score (nSPS) is 16.1. The predicted octanol–water partition coefficient (Wildman–Crippen LogP) is 1.01. The lowest BCUT2D eigenvalue weighted by Crippen LogP contribution is -2.40. The second-order valence-electron chi connectivity index (χ2n) is 4.77. The van der Waals surface area contributed by atoms with Crippen LogP contribution < -0.4 is 15.5 Å². The third-order valence-electron chi connectivity index (χ3n) is 3.47. The first-order chi connectivity index (χ1) is 9.65. The van der Waals surface area contributed by atoms with Crippen LogP contribution in [0.5, 0.6) is 0 Å². The molecule has 2 heterocycles. The zero-order valence-corrected chi connectivity index (χ0v) is 11.8. The molecule has 0 aliphatic carbocycles. The van der Waals surface area contributed by atoms with Crippen LogP contribution in [-0.4, -0.2) is 42.6 Å². The minimum atomic E-state index is -0.426. The molecule has 1 amide bonds. The molecule has 1 aliphatic heterocycles. The van der Waals surface area contributed by atoms with Gasteiger partial charge in [0.25, 0.3) is 0 Å². The summed E-state index contributed by atoms with van der Waals surface area (Å²) < 4.78 is 13.8. The lowest BCUT2D eigenvalue weighted by Gasteiger charge is -2.32. The molecule has 0 unspecified atom stereocenters. The van der Waals surface area contributed by atoms with E-state index >= 15 is 0 Å². The van der Waals surface area contributed by atoms with Crippen molar-refractivity contribution in [2.75, 3.05) is 36.9 Å². The molecule has 110 valence electrons. The van der Waals surface area contributed by atoms with Crippen molar-refractivity contribution in [1.29, 1.82) is 0 Å². The number of halogens is 1. The molecule has 1 aromatic rings. The van der Waals surface area contributed by atoms with Crippen LogP contribution in [0.3, 0.4) is 0 Å². The number of hydrogen-bond acceptors (Lipinski definition) is 5. The molecule has 2 rings (SSSR count). The third kappa shape index (κ3) is 3.15. The van der Waals surface area contributed by atoms with E-state index in [1.54, 1.807) is 7.05 Å². The van der Waals surface area contributed by atoms with E-state index in [1.165, 1.54) is 6.20 Å². The molecule has 0 bridgehead atoms. The summed E-state index contributed by atoms with van der Waals surface area (Å²) in [6.45, 7) is 3.86. The summed E-state index contributed by atoms with van der Waals surface area (Å²) >= 11 is 0. The lowest BCUT2D eigenvalue weighted by atomic mass is 9.96. The molecule has 20 heavy (non-hydrogen) atoms. The van der Waals surface area contributed by atoms with Gasteiger partial charge >= 0.3 is 0 Å². The van der Waals surface area contributed by atoms with Crippen LogP contribution in [0.1, 0.15) is 19.8 Å². The first-order valence-electron chi connectivity index (χ1n) is 6.88. The van der Waals surface area contributed by atoms with Gasteiger partial charge in [-0.25, -0.2) is 9.37 Å². The van der Waals surface area contributed by atoms with E-state index in [2.05, 4.69) is 20.6 Å². The predicted molar refractivity (Wildman–Crippen MR) is 75.2 cm³/mol. The minimum absolute atomic E-state index is 0.00869. The Morgan fingerprint density at radius 3 is 2.80 bits per heavy atom. The molecular weight excluding hydrogens is 261 g/mol. The first-order valence-corrected chi connectivity index (χ1v) is 6.88. The minimum Gasteiger partial charge on any atom is -0.359 e. The van der Waals surface area contributed by atoms with Crippen molar-refractivity contribution in [2.24, 2.45) is 5.92 Å². The number of amides is 1. The molecule has 1 fully saturated rings. The maximum Gasteiger partial charge on any atom is 0.224 e. The molecule has 1 aromatic heterocycles. The second kappa shape index (κ2) is 6.49. The van der Waals surface area contributed by atoms with Crippen LogP contribution in [-0.2, 0) is 4.79 Å². The Morgan fingerprint density at radius 2 is 2.20 bits per heavy atom. The van der Waals surface area contributed by atoms with Crippen LogP contribution in [0.25, 0.3) is 0 Å². The standard InChI is InChI=1S/C13H20FN5O/c1-3-16-13-17-8-10(14)11(18-13)19-6-4-9(5-7-19)12(20)15-2/h8-9H,3-7H2,1-2H3,(H,15,20)(H,16,17,18). The average molecular weight is 281 g/mol. The Morgan fingerprint density at radius 1 is 1.50 bits per heavy atom. The van der Waals surface area contributed by atoms with Crippen molar-refractivity contribution in [1.82, 2.24) is 15.3 Å². The first kappa shape index (κ1) is 14.5. The maximum atomic E-state index is 13.8. The van der Waals surface area contributed by atoms with Gasteiger partial charge in [0.1, 0.15) is 0 Å². The van der Waals surface area contributed by atoms with E-state index in [4.69, 9.17) is 0 Å². The summed E-state index contributed by atoms with van der Waals surface area (Å²) in [5, 5.41) is 5.63. The van der Waals surface area contributed by atoms with Crippen LogP contribution in [0.2, 0.25) is 0 Å². The highest BCUT2D eigenvalue weighted by Gasteiger charge is 2.26. The van der Waals surface area contributed by atoms with Gasteiger partial charge in [-0.1, -0.05) is 0 Å². The highest BCUT2D eigenvalue weighted by molar-refractivity contribution is 5.78. The topological polar surface area (TPSA) is 70.2 Å². The van der Waals surface area contributed by atoms with E-state index in [1.807, 2.05) is 11.8 Å². The summed E-state index contributed by atoms with van der Waals surface area (Å²) in [6.07, 6.45) is 2.60. The fourth-order valence-electron chi connectivity index (χ4n) is 2.38. The highest BCUT2D eigenvalue weighted by Crippen LogP contribution is 2.24. The summed E-state index contributed by atoms with van der Waals surface area (Å²) in [4.78, 5) is 21.5. The number of nitrogens with zero attached hydrogens (tertiary/aromatic N) is 3. The molecule has 0 saturated carbocycles. The summed E-state index contributed by atoms with van der Waals surface area (Å²) in [5.41, 5.74) is 0. The molecule has 1 saturated heterocycles. The maximum absolute atomic E-state index is 13.8. The van der Waals surface area contributed by atoms with Gasteiger partial charge in [-0.2, -0.15) is 4.98 Å². The Kier molecular flexibility index (Phi) is 4.70. The summed E-state index contributed by atoms with van der Waals surface area (Å²) in [5.74, 6) is 0.379.